The molecule has 5 heteroatoms. The Morgan fingerprint density at radius 3 is 2.50 bits per heavy atom. The first kappa shape index (κ1) is 15.5. The molecule has 0 aliphatic rings. The third-order valence-corrected chi connectivity index (χ3v) is 2.93. The van der Waals surface area contributed by atoms with E-state index in [2.05, 4.69) is 11.4 Å². The van der Waals surface area contributed by atoms with E-state index in [1.54, 1.807) is 18.9 Å². The van der Waals surface area contributed by atoms with Crippen LogP contribution in [-0.4, -0.2) is 30.4 Å². The smallest absolute Gasteiger partial charge is 0.244 e. The van der Waals surface area contributed by atoms with Crippen molar-refractivity contribution in [2.24, 2.45) is 0 Å². The number of hydrogen-bond donors (Lipinski definition) is 1. The predicted octanol–water partition coefficient (Wildman–Crippen LogP) is 1.93. The second-order valence-electron chi connectivity index (χ2n) is 4.57. The van der Waals surface area contributed by atoms with Crippen LogP contribution < -0.4 is 5.32 Å². The third-order valence-electron chi connectivity index (χ3n) is 2.93. The van der Waals surface area contributed by atoms with Gasteiger partial charge in [0.15, 0.2) is 0 Å². The van der Waals surface area contributed by atoms with Gasteiger partial charge in [-0.3, -0.25) is 4.79 Å². The van der Waals surface area contributed by atoms with Crippen molar-refractivity contribution >= 4 is 11.6 Å². The lowest BCUT2D eigenvalue weighted by molar-refractivity contribution is -0.130. The highest BCUT2D eigenvalue weighted by molar-refractivity contribution is 5.84. The van der Waals surface area contributed by atoms with E-state index in [0.29, 0.717) is 19.4 Å². The highest BCUT2D eigenvalue weighted by Crippen LogP contribution is 2.12. The lowest BCUT2D eigenvalue weighted by atomic mass is 10.1. The Bertz CT molecular complexity index is 524. The van der Waals surface area contributed by atoms with E-state index in [9.17, 15) is 4.79 Å². The highest BCUT2D eigenvalue weighted by Gasteiger charge is 2.16. The number of nitrogens with one attached hydrogen (secondary N) is 1. The second kappa shape index (κ2) is 7.81. The number of rotatable bonds is 6. The number of hydrogen-bond acceptors (Lipinski definition) is 4. The molecule has 1 unspecified atom stereocenters. The van der Waals surface area contributed by atoms with E-state index in [-0.39, 0.29) is 11.9 Å². The van der Waals surface area contributed by atoms with Crippen molar-refractivity contribution in [3.8, 4) is 12.1 Å². The van der Waals surface area contributed by atoms with Crippen molar-refractivity contribution in [3.05, 3.63) is 29.8 Å². The summed E-state index contributed by atoms with van der Waals surface area (Å²) >= 11 is 0. The van der Waals surface area contributed by atoms with Crippen molar-refractivity contribution in [1.82, 2.24) is 4.90 Å². The number of benzene rings is 1. The fraction of sp³-hybridized carbons (Fsp3) is 0.400. The molecule has 0 saturated heterocycles. The average molecular weight is 270 g/mol. The molecule has 0 aromatic heterocycles. The van der Waals surface area contributed by atoms with Crippen LogP contribution in [0.2, 0.25) is 0 Å². The van der Waals surface area contributed by atoms with Crippen LogP contribution >= 0.6 is 0 Å². The molecule has 1 N–H and O–H groups in total. The number of carbonyl (C=O) groups is 1. The maximum Gasteiger partial charge on any atom is 0.244 e. The Hall–Kier alpha value is -2.53. The molecule has 0 radical (unpaired) electrons. The summed E-state index contributed by atoms with van der Waals surface area (Å²) in [5.74, 6) is -0.0543. The lowest BCUT2D eigenvalue weighted by Crippen LogP contribution is -2.39. The van der Waals surface area contributed by atoms with Gasteiger partial charge in [0.05, 0.1) is 25.0 Å². The van der Waals surface area contributed by atoms with Gasteiger partial charge >= 0.3 is 0 Å². The zero-order valence-electron chi connectivity index (χ0n) is 11.8. The van der Waals surface area contributed by atoms with Gasteiger partial charge in [0.2, 0.25) is 5.91 Å². The van der Waals surface area contributed by atoms with Crippen molar-refractivity contribution < 1.29 is 4.79 Å². The molecule has 0 spiro atoms. The summed E-state index contributed by atoms with van der Waals surface area (Å²) in [5, 5.41) is 20.2. The van der Waals surface area contributed by atoms with Crippen LogP contribution in [0.5, 0.6) is 0 Å². The summed E-state index contributed by atoms with van der Waals surface area (Å²) in [4.78, 5) is 13.6. The molecule has 0 heterocycles. The summed E-state index contributed by atoms with van der Waals surface area (Å²) in [6.07, 6.45) is 0.712. The SMILES string of the molecule is CC(Nc1ccc(CC#N)cc1)C(=O)N(C)CCC#N. The summed E-state index contributed by atoms with van der Waals surface area (Å²) in [6, 6.07) is 11.2. The largest absolute Gasteiger partial charge is 0.374 e. The first-order valence-corrected chi connectivity index (χ1v) is 6.43. The number of likely N-dealkylation sites (N-methyl/N-ethyl adjacent to an activating group) is 1. The van der Waals surface area contributed by atoms with Gasteiger partial charge in [-0.25, -0.2) is 0 Å². The van der Waals surface area contributed by atoms with Gasteiger partial charge in [-0.2, -0.15) is 10.5 Å². The molecule has 0 saturated carbocycles. The predicted molar refractivity (Wildman–Crippen MR) is 76.7 cm³/mol. The van der Waals surface area contributed by atoms with Crippen molar-refractivity contribution in [2.45, 2.75) is 25.8 Å². The second-order valence-corrected chi connectivity index (χ2v) is 4.57. The number of carbonyl (C=O) groups excluding carboxylic acids is 1. The van der Waals surface area contributed by atoms with Gasteiger partial charge in [-0.1, -0.05) is 12.1 Å². The summed E-state index contributed by atoms with van der Waals surface area (Å²) < 4.78 is 0. The molecule has 1 rings (SSSR count). The number of amides is 1. The van der Waals surface area contributed by atoms with E-state index < -0.39 is 0 Å². The minimum Gasteiger partial charge on any atom is -0.374 e. The van der Waals surface area contributed by atoms with Gasteiger partial charge in [-0.05, 0) is 24.6 Å². The van der Waals surface area contributed by atoms with Crippen LogP contribution in [0.15, 0.2) is 24.3 Å². The Balaban J connectivity index is 2.57. The van der Waals surface area contributed by atoms with E-state index in [4.69, 9.17) is 10.5 Å². The van der Waals surface area contributed by atoms with E-state index in [1.807, 2.05) is 30.3 Å². The minimum absolute atomic E-state index is 0.0543. The van der Waals surface area contributed by atoms with Crippen LogP contribution in [0, 0.1) is 22.7 Å². The molecular formula is C15H18N4O. The quantitative estimate of drug-likeness (QED) is 0.856. The van der Waals surface area contributed by atoms with Crippen LogP contribution in [0.3, 0.4) is 0 Å². The molecular weight excluding hydrogens is 252 g/mol. The van der Waals surface area contributed by atoms with Gasteiger partial charge in [0.1, 0.15) is 6.04 Å². The van der Waals surface area contributed by atoms with Crippen molar-refractivity contribution in [3.63, 3.8) is 0 Å². The minimum atomic E-state index is -0.361. The van der Waals surface area contributed by atoms with Gasteiger partial charge in [0, 0.05) is 19.3 Å². The standard InChI is InChI=1S/C15H18N4O/c1-12(15(20)19(2)11-3-9-16)18-14-6-4-13(5-7-14)8-10-17/h4-7,12,18H,3,8,11H2,1-2H3. The average Bonchev–Trinajstić information content (AvgIpc) is 2.46. The lowest BCUT2D eigenvalue weighted by Gasteiger charge is -2.22. The molecule has 0 bridgehead atoms. The summed E-state index contributed by atoms with van der Waals surface area (Å²) in [5.41, 5.74) is 1.78. The Labute approximate surface area is 119 Å². The first-order valence-electron chi connectivity index (χ1n) is 6.43. The summed E-state index contributed by atoms with van der Waals surface area (Å²) in [7, 11) is 1.69. The zero-order chi connectivity index (χ0) is 15.0. The maximum atomic E-state index is 12.0. The normalized spacial score (nSPS) is 11.0. The van der Waals surface area contributed by atoms with Crippen LogP contribution in [0.25, 0.3) is 0 Å². The van der Waals surface area contributed by atoms with Crippen LogP contribution in [0.4, 0.5) is 5.69 Å². The van der Waals surface area contributed by atoms with Gasteiger partial charge < -0.3 is 10.2 Å². The third kappa shape index (κ3) is 4.62. The molecule has 5 nitrogen and oxygen atoms in total. The van der Waals surface area contributed by atoms with Crippen LogP contribution in [-0.2, 0) is 11.2 Å². The molecule has 1 amide bonds. The highest BCUT2D eigenvalue weighted by atomic mass is 16.2. The van der Waals surface area contributed by atoms with Crippen molar-refractivity contribution in [1.29, 1.82) is 10.5 Å². The molecule has 1 aromatic rings. The number of nitrogens with zero attached hydrogens (tertiary/aromatic N) is 3. The monoisotopic (exact) mass is 270 g/mol. The van der Waals surface area contributed by atoms with E-state index in [1.165, 1.54) is 0 Å². The Morgan fingerprint density at radius 2 is 1.95 bits per heavy atom. The first-order chi connectivity index (χ1) is 9.58. The molecule has 0 aliphatic carbocycles. The molecule has 104 valence electrons. The number of nitriles is 2. The molecule has 0 aliphatic heterocycles. The molecule has 0 fully saturated rings. The zero-order valence-corrected chi connectivity index (χ0v) is 11.8. The van der Waals surface area contributed by atoms with Crippen molar-refractivity contribution in [2.75, 3.05) is 18.9 Å². The van der Waals surface area contributed by atoms with E-state index >= 15 is 0 Å². The maximum absolute atomic E-state index is 12.0. The fourth-order valence-electron chi connectivity index (χ4n) is 1.78. The fourth-order valence-corrected chi connectivity index (χ4v) is 1.78. The van der Waals surface area contributed by atoms with E-state index in [0.717, 1.165) is 11.3 Å². The molecule has 1 atom stereocenters. The van der Waals surface area contributed by atoms with Gasteiger partial charge in [-0.15, -0.1) is 0 Å². The number of anilines is 1. The van der Waals surface area contributed by atoms with Crippen LogP contribution in [0.1, 0.15) is 18.9 Å². The Kier molecular flexibility index (Phi) is 6.06. The Morgan fingerprint density at radius 1 is 1.30 bits per heavy atom. The molecule has 1 aromatic carbocycles. The topological polar surface area (TPSA) is 79.9 Å². The summed E-state index contributed by atoms with van der Waals surface area (Å²) in [6.45, 7) is 2.22. The van der Waals surface area contributed by atoms with Gasteiger partial charge in [0.25, 0.3) is 0 Å². The molecule has 20 heavy (non-hydrogen) atoms.